The molecule has 2 heteroatoms. The summed E-state index contributed by atoms with van der Waals surface area (Å²) in [5, 5.41) is 0. The lowest BCUT2D eigenvalue weighted by molar-refractivity contribution is -0.103. The van der Waals surface area contributed by atoms with Gasteiger partial charge in [-0.1, -0.05) is 30.3 Å². The standard InChI is InChI=1S/C11H12O2/c1-2-13-9-11(8-12)10-6-4-3-5-7-10/h3-9H,2H2,1H3. The Morgan fingerprint density at radius 2 is 2.08 bits per heavy atom. The molecule has 1 rings (SSSR count). The van der Waals surface area contributed by atoms with E-state index in [1.165, 1.54) is 6.26 Å². The number of aldehydes is 1. The zero-order chi connectivity index (χ0) is 9.52. The fourth-order valence-corrected chi connectivity index (χ4v) is 0.968. The van der Waals surface area contributed by atoms with Crippen molar-refractivity contribution >= 4 is 11.9 Å². The third-order valence-corrected chi connectivity index (χ3v) is 1.61. The van der Waals surface area contributed by atoms with Gasteiger partial charge in [0.1, 0.15) is 0 Å². The molecule has 68 valence electrons. The Bertz CT molecular complexity index is 288. The Balaban J connectivity index is 2.84. The maximum atomic E-state index is 10.7. The van der Waals surface area contributed by atoms with Crippen LogP contribution in [0, 0.1) is 0 Å². The van der Waals surface area contributed by atoms with E-state index in [2.05, 4.69) is 0 Å². The maximum absolute atomic E-state index is 10.7. The van der Waals surface area contributed by atoms with Crippen LogP contribution in [-0.4, -0.2) is 12.9 Å². The van der Waals surface area contributed by atoms with E-state index in [4.69, 9.17) is 4.74 Å². The SMILES string of the molecule is CCOC=C(C=O)c1ccccc1. The second-order valence-electron chi connectivity index (χ2n) is 2.51. The smallest absolute Gasteiger partial charge is 0.153 e. The zero-order valence-electron chi connectivity index (χ0n) is 7.57. The minimum Gasteiger partial charge on any atom is -0.501 e. The summed E-state index contributed by atoms with van der Waals surface area (Å²) in [4.78, 5) is 10.7. The molecule has 0 heterocycles. The van der Waals surface area contributed by atoms with Gasteiger partial charge < -0.3 is 4.74 Å². The number of benzene rings is 1. The third-order valence-electron chi connectivity index (χ3n) is 1.61. The van der Waals surface area contributed by atoms with Gasteiger partial charge in [-0.15, -0.1) is 0 Å². The summed E-state index contributed by atoms with van der Waals surface area (Å²) >= 11 is 0. The van der Waals surface area contributed by atoms with Gasteiger partial charge in [-0.3, -0.25) is 4.79 Å². The Labute approximate surface area is 77.8 Å². The molecular formula is C11H12O2. The lowest BCUT2D eigenvalue weighted by Crippen LogP contribution is -1.87. The van der Waals surface area contributed by atoms with Gasteiger partial charge in [-0.25, -0.2) is 0 Å². The minimum absolute atomic E-state index is 0.572. The molecule has 0 N–H and O–H groups in total. The van der Waals surface area contributed by atoms with Crippen LogP contribution < -0.4 is 0 Å². The highest BCUT2D eigenvalue weighted by Gasteiger charge is 1.97. The molecule has 0 aliphatic carbocycles. The normalized spacial score (nSPS) is 11.0. The van der Waals surface area contributed by atoms with Gasteiger partial charge in [0, 0.05) is 0 Å². The molecule has 2 nitrogen and oxygen atoms in total. The fourth-order valence-electron chi connectivity index (χ4n) is 0.968. The Morgan fingerprint density at radius 3 is 2.62 bits per heavy atom. The number of ether oxygens (including phenoxy) is 1. The average molecular weight is 176 g/mol. The van der Waals surface area contributed by atoms with Crippen molar-refractivity contribution in [2.45, 2.75) is 6.92 Å². The highest BCUT2D eigenvalue weighted by Crippen LogP contribution is 2.10. The quantitative estimate of drug-likeness (QED) is 0.399. The Hall–Kier alpha value is -1.57. The summed E-state index contributed by atoms with van der Waals surface area (Å²) < 4.78 is 5.05. The first kappa shape index (κ1) is 9.52. The molecule has 1 aromatic rings. The third kappa shape index (κ3) is 2.75. The molecule has 0 fully saturated rings. The lowest BCUT2D eigenvalue weighted by atomic mass is 10.1. The molecule has 0 bridgehead atoms. The number of hydrogen-bond donors (Lipinski definition) is 0. The van der Waals surface area contributed by atoms with E-state index in [1.807, 2.05) is 37.3 Å². The van der Waals surface area contributed by atoms with Crippen LogP contribution in [-0.2, 0) is 9.53 Å². The van der Waals surface area contributed by atoms with Gasteiger partial charge in [0.15, 0.2) is 6.29 Å². The highest BCUT2D eigenvalue weighted by molar-refractivity contribution is 6.06. The molecule has 0 aliphatic rings. The molecular weight excluding hydrogens is 164 g/mol. The van der Waals surface area contributed by atoms with Crippen molar-refractivity contribution in [2.75, 3.05) is 6.61 Å². The largest absolute Gasteiger partial charge is 0.501 e. The van der Waals surface area contributed by atoms with E-state index < -0.39 is 0 Å². The van der Waals surface area contributed by atoms with Crippen LogP contribution in [0.5, 0.6) is 0 Å². The fraction of sp³-hybridized carbons (Fsp3) is 0.182. The summed E-state index contributed by atoms with van der Waals surface area (Å²) in [7, 11) is 0. The summed E-state index contributed by atoms with van der Waals surface area (Å²) in [5.74, 6) is 0. The predicted molar refractivity (Wildman–Crippen MR) is 52.1 cm³/mol. The predicted octanol–water partition coefficient (Wildman–Crippen LogP) is 2.26. The number of allylic oxidation sites excluding steroid dienone is 1. The van der Waals surface area contributed by atoms with Crippen LogP contribution in [0.15, 0.2) is 36.6 Å². The number of carbonyl (C=O) groups is 1. The molecule has 0 spiro atoms. The van der Waals surface area contributed by atoms with Gasteiger partial charge in [0.25, 0.3) is 0 Å². The summed E-state index contributed by atoms with van der Waals surface area (Å²) in [6.45, 7) is 2.45. The first-order chi connectivity index (χ1) is 6.38. The second kappa shape index (κ2) is 5.14. The van der Waals surface area contributed by atoms with E-state index in [-0.39, 0.29) is 0 Å². The minimum atomic E-state index is 0.572. The van der Waals surface area contributed by atoms with Gasteiger partial charge >= 0.3 is 0 Å². The molecule has 1 aromatic carbocycles. The van der Waals surface area contributed by atoms with Crippen molar-refractivity contribution in [3.05, 3.63) is 42.2 Å². The van der Waals surface area contributed by atoms with Gasteiger partial charge in [0.2, 0.25) is 0 Å². The molecule has 0 radical (unpaired) electrons. The highest BCUT2D eigenvalue weighted by atomic mass is 16.5. The monoisotopic (exact) mass is 176 g/mol. The molecule has 13 heavy (non-hydrogen) atoms. The number of hydrogen-bond acceptors (Lipinski definition) is 2. The molecule has 0 unspecified atom stereocenters. The van der Waals surface area contributed by atoms with Crippen LogP contribution in [0.25, 0.3) is 5.57 Å². The number of carbonyl (C=O) groups excluding carboxylic acids is 1. The molecule has 0 saturated heterocycles. The van der Waals surface area contributed by atoms with E-state index in [0.717, 1.165) is 11.8 Å². The Kier molecular flexibility index (Phi) is 3.76. The van der Waals surface area contributed by atoms with Gasteiger partial charge in [0.05, 0.1) is 18.4 Å². The van der Waals surface area contributed by atoms with Crippen LogP contribution in [0.4, 0.5) is 0 Å². The van der Waals surface area contributed by atoms with E-state index in [0.29, 0.717) is 12.2 Å². The van der Waals surface area contributed by atoms with Crippen molar-refractivity contribution in [3.8, 4) is 0 Å². The van der Waals surface area contributed by atoms with Gasteiger partial charge in [-0.05, 0) is 12.5 Å². The zero-order valence-corrected chi connectivity index (χ0v) is 7.57. The van der Waals surface area contributed by atoms with Crippen molar-refractivity contribution in [3.63, 3.8) is 0 Å². The maximum Gasteiger partial charge on any atom is 0.153 e. The molecule has 0 aromatic heterocycles. The van der Waals surface area contributed by atoms with Crippen molar-refractivity contribution in [2.24, 2.45) is 0 Å². The lowest BCUT2D eigenvalue weighted by Gasteiger charge is -1.99. The van der Waals surface area contributed by atoms with Crippen LogP contribution >= 0.6 is 0 Å². The van der Waals surface area contributed by atoms with Crippen LogP contribution in [0.3, 0.4) is 0 Å². The molecule has 0 amide bonds. The van der Waals surface area contributed by atoms with E-state index in [9.17, 15) is 4.79 Å². The van der Waals surface area contributed by atoms with E-state index in [1.54, 1.807) is 0 Å². The number of rotatable bonds is 4. The summed E-state index contributed by atoms with van der Waals surface area (Å²) in [6, 6.07) is 9.43. The molecule has 0 saturated carbocycles. The molecule has 0 atom stereocenters. The van der Waals surface area contributed by atoms with Crippen molar-refractivity contribution < 1.29 is 9.53 Å². The van der Waals surface area contributed by atoms with Crippen LogP contribution in [0.1, 0.15) is 12.5 Å². The van der Waals surface area contributed by atoms with E-state index >= 15 is 0 Å². The topological polar surface area (TPSA) is 26.3 Å². The first-order valence-corrected chi connectivity index (χ1v) is 4.21. The van der Waals surface area contributed by atoms with Gasteiger partial charge in [-0.2, -0.15) is 0 Å². The molecule has 0 aliphatic heterocycles. The summed E-state index contributed by atoms with van der Waals surface area (Å²) in [6.07, 6.45) is 2.29. The Morgan fingerprint density at radius 1 is 1.38 bits per heavy atom. The first-order valence-electron chi connectivity index (χ1n) is 4.21. The van der Waals surface area contributed by atoms with Crippen molar-refractivity contribution in [1.29, 1.82) is 0 Å². The van der Waals surface area contributed by atoms with Crippen molar-refractivity contribution in [1.82, 2.24) is 0 Å². The summed E-state index contributed by atoms with van der Waals surface area (Å²) in [5.41, 5.74) is 1.45. The second-order valence-corrected chi connectivity index (χ2v) is 2.51. The van der Waals surface area contributed by atoms with Crippen LogP contribution in [0.2, 0.25) is 0 Å². The average Bonchev–Trinajstić information content (AvgIpc) is 2.21.